The van der Waals surface area contributed by atoms with Crippen molar-refractivity contribution in [2.24, 2.45) is 0 Å². The molecule has 1 aliphatic rings. The first kappa shape index (κ1) is 29.8. The van der Waals surface area contributed by atoms with Gasteiger partial charge < -0.3 is 10.2 Å². The molecule has 2 N–H and O–H groups in total. The van der Waals surface area contributed by atoms with Gasteiger partial charge in [-0.05, 0) is 54.3 Å². The topological polar surface area (TPSA) is 125 Å². The van der Waals surface area contributed by atoms with Gasteiger partial charge in [-0.15, -0.1) is 0 Å². The molecule has 3 heterocycles. The van der Waals surface area contributed by atoms with Crippen molar-refractivity contribution in [1.82, 2.24) is 20.0 Å². The molecule has 0 bridgehead atoms. The minimum absolute atomic E-state index is 0. The second-order valence-electron chi connectivity index (χ2n) is 8.68. The maximum Gasteiger partial charge on any atom is 0.330 e. The van der Waals surface area contributed by atoms with Gasteiger partial charge in [-0.3, -0.25) is 9.78 Å². The molecule has 2 aromatic heterocycles. The van der Waals surface area contributed by atoms with Gasteiger partial charge in [-0.1, -0.05) is 13.0 Å². The Hall–Kier alpha value is -3.78. The molecule has 3 aromatic rings. The van der Waals surface area contributed by atoms with Crippen LogP contribution < -0.4 is 19.2 Å². The van der Waals surface area contributed by atoms with Crippen LogP contribution in [0.25, 0.3) is 0 Å². The fourth-order valence-corrected chi connectivity index (χ4v) is 5.25. The molecule has 4 rings (SSSR count). The van der Waals surface area contributed by atoms with E-state index < -0.39 is 39.8 Å². The number of rotatable bonds is 8. The van der Waals surface area contributed by atoms with E-state index in [1.807, 2.05) is 11.6 Å². The quantitative estimate of drug-likeness (QED) is 0.424. The monoisotopic (exact) mass is 578 g/mol. The smallest absolute Gasteiger partial charge is 0.325 e. The van der Waals surface area contributed by atoms with E-state index in [0.29, 0.717) is 30.2 Å². The SMILES string of the molecule is CCc1ccc(N(C)C(=O)[C@H](Cc2cc(F)cc(F)c2)NC(=O)NS(=O)(=O)N2CCc3cccnc32)cn1.S. The Morgan fingerprint density at radius 1 is 1.13 bits per heavy atom. The van der Waals surface area contributed by atoms with Crippen molar-refractivity contribution in [2.75, 3.05) is 22.8 Å². The van der Waals surface area contributed by atoms with Crippen molar-refractivity contribution in [1.29, 1.82) is 0 Å². The maximum atomic E-state index is 13.8. The summed E-state index contributed by atoms with van der Waals surface area (Å²) in [6.45, 7) is 2.02. The summed E-state index contributed by atoms with van der Waals surface area (Å²) in [4.78, 5) is 35.8. The third-order valence-corrected chi connectivity index (χ3v) is 7.43. The third kappa shape index (κ3) is 7.00. The van der Waals surface area contributed by atoms with Crippen molar-refractivity contribution in [3.63, 3.8) is 0 Å². The Labute approximate surface area is 232 Å². The molecule has 14 heteroatoms. The number of hydrogen-bond acceptors (Lipinski definition) is 6. The number of hydrogen-bond donors (Lipinski definition) is 2. The molecule has 0 unspecified atom stereocenters. The lowest BCUT2D eigenvalue weighted by molar-refractivity contribution is -0.120. The van der Waals surface area contributed by atoms with Gasteiger partial charge in [0.15, 0.2) is 0 Å². The number of anilines is 2. The van der Waals surface area contributed by atoms with E-state index in [4.69, 9.17) is 0 Å². The average Bonchev–Trinajstić information content (AvgIpc) is 3.32. The van der Waals surface area contributed by atoms with Crippen LogP contribution >= 0.6 is 13.5 Å². The number of benzene rings is 1. The number of halogens is 2. The van der Waals surface area contributed by atoms with Crippen LogP contribution in [-0.4, -0.2) is 50.0 Å². The number of nitrogens with one attached hydrogen (secondary N) is 2. The van der Waals surface area contributed by atoms with Crippen LogP contribution in [0.5, 0.6) is 0 Å². The number of urea groups is 1. The first-order chi connectivity index (χ1) is 18.1. The van der Waals surface area contributed by atoms with Gasteiger partial charge in [-0.2, -0.15) is 21.9 Å². The Bertz CT molecular complexity index is 1440. The molecule has 208 valence electrons. The number of nitrogens with zero attached hydrogens (tertiary/aromatic N) is 4. The summed E-state index contributed by atoms with van der Waals surface area (Å²) in [6, 6.07) is 7.03. The van der Waals surface area contributed by atoms with Crippen LogP contribution in [0.3, 0.4) is 0 Å². The molecule has 1 atom stereocenters. The van der Waals surface area contributed by atoms with Gasteiger partial charge in [0.05, 0.1) is 11.9 Å². The van der Waals surface area contributed by atoms with E-state index in [0.717, 1.165) is 22.1 Å². The number of carbonyl (C=O) groups excluding carboxylic acids is 2. The van der Waals surface area contributed by atoms with Gasteiger partial charge in [0, 0.05) is 38.0 Å². The normalized spacial score (nSPS) is 13.2. The summed E-state index contributed by atoms with van der Waals surface area (Å²) >= 11 is 0. The highest BCUT2D eigenvalue weighted by atomic mass is 32.2. The van der Waals surface area contributed by atoms with Crippen molar-refractivity contribution < 1.29 is 26.8 Å². The van der Waals surface area contributed by atoms with E-state index >= 15 is 0 Å². The molecule has 1 aliphatic heterocycles. The lowest BCUT2D eigenvalue weighted by Gasteiger charge is -2.25. The molecule has 0 aliphatic carbocycles. The van der Waals surface area contributed by atoms with Crippen LogP contribution in [0, 0.1) is 11.6 Å². The van der Waals surface area contributed by atoms with Gasteiger partial charge in [0.25, 0.3) is 0 Å². The van der Waals surface area contributed by atoms with Crippen molar-refractivity contribution in [3.05, 3.63) is 83.3 Å². The van der Waals surface area contributed by atoms with Gasteiger partial charge in [-0.25, -0.2) is 27.6 Å². The average molecular weight is 579 g/mol. The molecule has 39 heavy (non-hydrogen) atoms. The van der Waals surface area contributed by atoms with Crippen LogP contribution in [0.2, 0.25) is 0 Å². The van der Waals surface area contributed by atoms with E-state index in [1.54, 1.807) is 24.3 Å². The van der Waals surface area contributed by atoms with Crippen molar-refractivity contribution in [2.45, 2.75) is 32.2 Å². The Kier molecular flexibility index (Phi) is 9.45. The van der Waals surface area contributed by atoms with E-state index in [9.17, 15) is 26.8 Å². The summed E-state index contributed by atoms with van der Waals surface area (Å²) in [5.74, 6) is -2.16. The highest BCUT2D eigenvalue weighted by Gasteiger charge is 2.33. The predicted molar refractivity (Wildman–Crippen MR) is 147 cm³/mol. The number of aromatic nitrogens is 2. The minimum atomic E-state index is -4.36. The summed E-state index contributed by atoms with van der Waals surface area (Å²) in [5, 5.41) is 2.35. The van der Waals surface area contributed by atoms with Gasteiger partial charge >= 0.3 is 16.2 Å². The Balaban J connectivity index is 0.00000420. The highest BCUT2D eigenvalue weighted by Crippen LogP contribution is 2.26. The highest BCUT2D eigenvalue weighted by molar-refractivity contribution is 7.91. The zero-order valence-electron chi connectivity index (χ0n) is 21.2. The molecule has 10 nitrogen and oxygen atoms in total. The first-order valence-corrected chi connectivity index (χ1v) is 13.2. The summed E-state index contributed by atoms with van der Waals surface area (Å²) in [5.41, 5.74) is 2.03. The zero-order chi connectivity index (χ0) is 27.4. The first-order valence-electron chi connectivity index (χ1n) is 11.8. The number of amides is 3. The minimum Gasteiger partial charge on any atom is -0.325 e. The summed E-state index contributed by atoms with van der Waals surface area (Å²) < 4.78 is 56.4. The molecule has 0 radical (unpaired) electrons. The standard InChI is InChI=1S/C25H26F2N6O4S.H2S/c1-3-20-6-7-21(15-29-20)32(2)24(34)22(13-16-11-18(26)14-19(27)12-16)30-25(35)31-38(36,37)33-10-8-17-5-4-9-28-23(17)33;/h4-7,9,11-12,14-15,22H,3,8,10,13H2,1-2H3,(H2,30,31,35);1H2/t22-;/m0./s1. The van der Waals surface area contributed by atoms with Crippen LogP contribution in [0.4, 0.5) is 25.1 Å². The van der Waals surface area contributed by atoms with Crippen molar-refractivity contribution in [3.8, 4) is 0 Å². The van der Waals surface area contributed by atoms with Crippen LogP contribution in [0.15, 0.2) is 54.9 Å². The number of aryl methyl sites for hydroxylation is 1. The lowest BCUT2D eigenvalue weighted by Crippen LogP contribution is -2.54. The summed E-state index contributed by atoms with van der Waals surface area (Å²) in [6.07, 6.45) is 3.74. The number of likely N-dealkylation sites (N-methyl/N-ethyl adjacent to an activating group) is 1. The molecule has 0 spiro atoms. The van der Waals surface area contributed by atoms with Crippen molar-refractivity contribution >= 4 is 47.1 Å². The number of carbonyl (C=O) groups is 2. The molecular weight excluding hydrogens is 550 g/mol. The van der Waals surface area contributed by atoms with Crippen LogP contribution in [0.1, 0.15) is 23.7 Å². The maximum absolute atomic E-state index is 13.8. The largest absolute Gasteiger partial charge is 0.330 e. The third-order valence-electron chi connectivity index (χ3n) is 6.05. The number of pyridine rings is 2. The Morgan fingerprint density at radius 3 is 2.49 bits per heavy atom. The number of fused-ring (bicyclic) bond motifs is 1. The van der Waals surface area contributed by atoms with E-state index in [2.05, 4.69) is 15.3 Å². The van der Waals surface area contributed by atoms with Gasteiger partial charge in [0.2, 0.25) is 5.91 Å². The fraction of sp³-hybridized carbons (Fsp3) is 0.280. The van der Waals surface area contributed by atoms with E-state index in [-0.39, 0.29) is 37.8 Å². The fourth-order valence-electron chi connectivity index (χ4n) is 4.12. The second kappa shape index (κ2) is 12.4. The lowest BCUT2D eigenvalue weighted by atomic mass is 10.0. The molecule has 0 saturated heterocycles. The predicted octanol–water partition coefficient (Wildman–Crippen LogP) is 2.61. The molecule has 0 fully saturated rings. The molecule has 1 aromatic carbocycles. The summed E-state index contributed by atoms with van der Waals surface area (Å²) in [7, 11) is -2.90. The zero-order valence-corrected chi connectivity index (χ0v) is 23.0. The van der Waals surface area contributed by atoms with Gasteiger partial charge in [0.1, 0.15) is 23.5 Å². The Morgan fingerprint density at radius 2 is 1.85 bits per heavy atom. The molecule has 0 saturated carbocycles. The molecule has 3 amide bonds. The molecular formula is C25H28F2N6O4S2. The van der Waals surface area contributed by atoms with Crippen LogP contribution in [-0.2, 0) is 34.3 Å². The van der Waals surface area contributed by atoms with E-state index in [1.165, 1.54) is 24.3 Å². The second-order valence-corrected chi connectivity index (χ2v) is 10.3.